The van der Waals surface area contributed by atoms with Crippen LogP contribution in [-0.2, 0) is 6.42 Å². The highest BCUT2D eigenvalue weighted by Gasteiger charge is 2.25. The first kappa shape index (κ1) is 7.74. The van der Waals surface area contributed by atoms with Crippen LogP contribution in [0.4, 0.5) is 0 Å². The molecule has 2 N–H and O–H groups in total. The first-order valence-electron chi connectivity index (χ1n) is 4.48. The molecule has 2 nitrogen and oxygen atoms in total. The topological polar surface area (TPSA) is 38.9 Å². The van der Waals surface area contributed by atoms with E-state index in [1.165, 1.54) is 17.7 Å². The van der Waals surface area contributed by atoms with Crippen LogP contribution >= 0.6 is 0 Å². The van der Waals surface area contributed by atoms with Gasteiger partial charge >= 0.3 is 0 Å². The van der Waals surface area contributed by atoms with Crippen molar-refractivity contribution < 1.29 is 0 Å². The van der Waals surface area contributed by atoms with E-state index < -0.39 is 0 Å². The molecule has 0 spiro atoms. The third-order valence-electron chi connectivity index (χ3n) is 2.64. The summed E-state index contributed by atoms with van der Waals surface area (Å²) in [6.07, 6.45) is 4.18. The molecule has 2 unspecified atom stereocenters. The van der Waals surface area contributed by atoms with Crippen LogP contribution in [0.25, 0.3) is 0 Å². The van der Waals surface area contributed by atoms with E-state index in [9.17, 15) is 0 Å². The number of pyridine rings is 1. The van der Waals surface area contributed by atoms with Gasteiger partial charge in [0, 0.05) is 23.9 Å². The van der Waals surface area contributed by atoms with Gasteiger partial charge in [0.15, 0.2) is 0 Å². The van der Waals surface area contributed by atoms with Gasteiger partial charge in [-0.3, -0.25) is 4.98 Å². The molecule has 1 aliphatic carbocycles. The predicted octanol–water partition coefficient (Wildman–Crippen LogP) is 1.46. The van der Waals surface area contributed by atoms with Gasteiger partial charge in [0.1, 0.15) is 0 Å². The van der Waals surface area contributed by atoms with E-state index in [-0.39, 0.29) is 6.04 Å². The van der Waals surface area contributed by atoms with Crippen LogP contribution in [0.1, 0.15) is 30.5 Å². The van der Waals surface area contributed by atoms with Gasteiger partial charge in [-0.1, -0.05) is 6.07 Å². The van der Waals surface area contributed by atoms with Gasteiger partial charge in [-0.05, 0) is 31.4 Å². The molecule has 2 heteroatoms. The van der Waals surface area contributed by atoms with Crippen LogP contribution in [0.15, 0.2) is 18.3 Å². The standard InChI is InChI=1S/C10H14N2/c1-7(11)9-5-4-8-3-2-6-12-10(8)9/h2-3,6-7,9H,4-5,11H2,1H3. The Morgan fingerprint density at radius 1 is 1.67 bits per heavy atom. The number of hydrogen-bond acceptors (Lipinski definition) is 2. The van der Waals surface area contributed by atoms with E-state index >= 15 is 0 Å². The summed E-state index contributed by atoms with van der Waals surface area (Å²) < 4.78 is 0. The number of fused-ring (bicyclic) bond motifs is 1. The normalized spacial score (nSPS) is 23.7. The van der Waals surface area contributed by atoms with Crippen LogP contribution < -0.4 is 5.73 Å². The third kappa shape index (κ3) is 1.12. The second kappa shape index (κ2) is 2.87. The lowest BCUT2D eigenvalue weighted by molar-refractivity contribution is 0.554. The Kier molecular flexibility index (Phi) is 1.85. The number of hydrogen-bond donors (Lipinski definition) is 1. The Labute approximate surface area is 72.8 Å². The van der Waals surface area contributed by atoms with Crippen molar-refractivity contribution in [3.8, 4) is 0 Å². The maximum atomic E-state index is 5.87. The van der Waals surface area contributed by atoms with Crippen molar-refractivity contribution in [1.82, 2.24) is 4.98 Å². The zero-order valence-electron chi connectivity index (χ0n) is 7.33. The fourth-order valence-corrected chi connectivity index (χ4v) is 1.96. The molecule has 1 aromatic heterocycles. The van der Waals surface area contributed by atoms with Crippen molar-refractivity contribution in [2.24, 2.45) is 5.73 Å². The summed E-state index contributed by atoms with van der Waals surface area (Å²) in [6.45, 7) is 2.06. The average molecular weight is 162 g/mol. The fourth-order valence-electron chi connectivity index (χ4n) is 1.96. The van der Waals surface area contributed by atoms with Crippen molar-refractivity contribution >= 4 is 0 Å². The summed E-state index contributed by atoms with van der Waals surface area (Å²) in [5.74, 6) is 0.487. The average Bonchev–Trinajstić information content (AvgIpc) is 2.47. The molecular weight excluding hydrogens is 148 g/mol. The summed E-state index contributed by atoms with van der Waals surface area (Å²) in [6, 6.07) is 4.40. The van der Waals surface area contributed by atoms with Gasteiger partial charge in [0.05, 0.1) is 0 Å². The highest BCUT2D eigenvalue weighted by atomic mass is 14.7. The lowest BCUT2D eigenvalue weighted by atomic mass is 9.99. The summed E-state index contributed by atoms with van der Waals surface area (Å²) in [7, 11) is 0. The number of rotatable bonds is 1. The lowest BCUT2D eigenvalue weighted by Crippen LogP contribution is -2.23. The third-order valence-corrected chi connectivity index (χ3v) is 2.64. The van der Waals surface area contributed by atoms with Crippen LogP contribution in [0, 0.1) is 0 Å². The SMILES string of the molecule is CC(N)C1CCc2cccnc21. The van der Waals surface area contributed by atoms with Gasteiger partial charge in [-0.2, -0.15) is 0 Å². The van der Waals surface area contributed by atoms with E-state index in [1.54, 1.807) is 0 Å². The van der Waals surface area contributed by atoms with Crippen molar-refractivity contribution in [3.63, 3.8) is 0 Å². The Hall–Kier alpha value is -0.890. The molecule has 12 heavy (non-hydrogen) atoms. The number of aryl methyl sites for hydroxylation is 1. The smallest absolute Gasteiger partial charge is 0.0481 e. The van der Waals surface area contributed by atoms with Crippen molar-refractivity contribution in [2.45, 2.75) is 31.7 Å². The van der Waals surface area contributed by atoms with Crippen LogP contribution in [0.5, 0.6) is 0 Å². The molecule has 0 saturated heterocycles. The molecule has 1 aromatic rings. The van der Waals surface area contributed by atoms with E-state index in [2.05, 4.69) is 18.0 Å². The molecule has 0 aliphatic heterocycles. The summed E-state index contributed by atoms with van der Waals surface area (Å²) in [5, 5.41) is 0. The zero-order valence-corrected chi connectivity index (χ0v) is 7.33. The Bertz CT molecular complexity index is 281. The van der Waals surface area contributed by atoms with Crippen LogP contribution in [0.2, 0.25) is 0 Å². The van der Waals surface area contributed by atoms with E-state index in [0.29, 0.717) is 5.92 Å². The summed E-state index contributed by atoms with van der Waals surface area (Å²) >= 11 is 0. The van der Waals surface area contributed by atoms with Crippen LogP contribution in [-0.4, -0.2) is 11.0 Å². The molecule has 0 aromatic carbocycles. The van der Waals surface area contributed by atoms with Gasteiger partial charge in [-0.15, -0.1) is 0 Å². The predicted molar refractivity (Wildman–Crippen MR) is 48.9 cm³/mol. The number of nitrogens with two attached hydrogens (primary N) is 1. The molecule has 1 aliphatic rings. The minimum atomic E-state index is 0.237. The largest absolute Gasteiger partial charge is 0.327 e. The molecule has 0 saturated carbocycles. The van der Waals surface area contributed by atoms with E-state index in [4.69, 9.17) is 5.73 Å². The van der Waals surface area contributed by atoms with Gasteiger partial charge < -0.3 is 5.73 Å². The second-order valence-electron chi connectivity index (χ2n) is 3.55. The van der Waals surface area contributed by atoms with E-state index in [0.717, 1.165) is 6.42 Å². The monoisotopic (exact) mass is 162 g/mol. The Morgan fingerprint density at radius 3 is 3.25 bits per heavy atom. The van der Waals surface area contributed by atoms with E-state index in [1.807, 2.05) is 12.3 Å². The summed E-state index contributed by atoms with van der Waals surface area (Å²) in [4.78, 5) is 4.38. The molecule has 0 amide bonds. The van der Waals surface area contributed by atoms with Crippen molar-refractivity contribution in [1.29, 1.82) is 0 Å². The maximum Gasteiger partial charge on any atom is 0.0481 e. The molecule has 0 fully saturated rings. The molecule has 0 radical (unpaired) electrons. The number of aromatic nitrogens is 1. The van der Waals surface area contributed by atoms with Gasteiger partial charge in [0.25, 0.3) is 0 Å². The lowest BCUT2D eigenvalue weighted by Gasteiger charge is -2.13. The fraction of sp³-hybridized carbons (Fsp3) is 0.500. The first-order valence-corrected chi connectivity index (χ1v) is 4.48. The molecular formula is C10H14N2. The number of nitrogens with zero attached hydrogens (tertiary/aromatic N) is 1. The highest BCUT2D eigenvalue weighted by Crippen LogP contribution is 2.32. The molecule has 0 bridgehead atoms. The van der Waals surface area contributed by atoms with Gasteiger partial charge in [-0.25, -0.2) is 0 Å². The first-order chi connectivity index (χ1) is 5.79. The molecule has 64 valence electrons. The molecule has 1 heterocycles. The van der Waals surface area contributed by atoms with Crippen LogP contribution in [0.3, 0.4) is 0 Å². The Balaban J connectivity index is 2.36. The Morgan fingerprint density at radius 2 is 2.50 bits per heavy atom. The summed E-state index contributed by atoms with van der Waals surface area (Å²) in [5.41, 5.74) is 8.49. The minimum absolute atomic E-state index is 0.237. The van der Waals surface area contributed by atoms with Crippen molar-refractivity contribution in [2.75, 3.05) is 0 Å². The van der Waals surface area contributed by atoms with Crippen molar-refractivity contribution in [3.05, 3.63) is 29.6 Å². The zero-order chi connectivity index (χ0) is 8.55. The quantitative estimate of drug-likeness (QED) is 0.679. The molecule has 2 rings (SSSR count). The maximum absolute atomic E-state index is 5.87. The molecule has 2 atom stereocenters. The highest BCUT2D eigenvalue weighted by molar-refractivity contribution is 5.29. The minimum Gasteiger partial charge on any atom is -0.327 e. The van der Waals surface area contributed by atoms with Gasteiger partial charge in [0.2, 0.25) is 0 Å². The second-order valence-corrected chi connectivity index (χ2v) is 3.55.